The maximum absolute atomic E-state index is 13.3. The first-order valence-corrected chi connectivity index (χ1v) is 10.9. The zero-order valence-corrected chi connectivity index (χ0v) is 17.7. The Morgan fingerprint density at radius 1 is 1.14 bits per heavy atom. The van der Waals surface area contributed by atoms with E-state index in [2.05, 4.69) is 5.32 Å². The first-order valence-electron chi connectivity index (χ1n) is 9.45. The fraction of sp³-hybridized carbons (Fsp3) is 0.381. The number of carbonyl (C=O) groups is 1. The van der Waals surface area contributed by atoms with Gasteiger partial charge in [-0.3, -0.25) is 4.79 Å². The molecule has 1 atom stereocenters. The topological polar surface area (TPSA) is 84.9 Å². The van der Waals surface area contributed by atoms with Crippen molar-refractivity contribution in [3.05, 3.63) is 48.0 Å². The Morgan fingerprint density at radius 3 is 2.62 bits per heavy atom. The van der Waals surface area contributed by atoms with Crippen LogP contribution in [0.25, 0.3) is 0 Å². The van der Waals surface area contributed by atoms with Crippen molar-refractivity contribution in [2.45, 2.75) is 24.7 Å². The van der Waals surface area contributed by atoms with Crippen LogP contribution in [0.4, 0.5) is 5.69 Å². The van der Waals surface area contributed by atoms with Gasteiger partial charge in [-0.05, 0) is 49.6 Å². The summed E-state index contributed by atoms with van der Waals surface area (Å²) < 4.78 is 38.3. The number of methoxy groups -OCH3 is 2. The van der Waals surface area contributed by atoms with Gasteiger partial charge in [0.25, 0.3) is 0 Å². The first-order chi connectivity index (χ1) is 13.8. The van der Waals surface area contributed by atoms with Crippen molar-refractivity contribution in [3.8, 4) is 11.5 Å². The molecule has 2 aromatic carbocycles. The van der Waals surface area contributed by atoms with E-state index in [-0.39, 0.29) is 23.1 Å². The number of carbonyl (C=O) groups excluding carboxylic acids is 1. The molecule has 0 radical (unpaired) electrons. The molecule has 0 bridgehead atoms. The Labute approximate surface area is 171 Å². The molecule has 0 spiro atoms. The Balaban J connectivity index is 1.80. The molecule has 29 heavy (non-hydrogen) atoms. The molecule has 0 saturated carbocycles. The van der Waals surface area contributed by atoms with Crippen molar-refractivity contribution in [2.75, 3.05) is 32.6 Å². The minimum atomic E-state index is -3.84. The number of rotatable bonds is 6. The normalized spacial score (nSPS) is 17.6. The Hall–Kier alpha value is -2.58. The average molecular weight is 419 g/mol. The van der Waals surface area contributed by atoms with Crippen molar-refractivity contribution in [2.24, 2.45) is 5.92 Å². The van der Waals surface area contributed by atoms with Crippen LogP contribution in [-0.2, 0) is 14.8 Å². The molecule has 0 aliphatic carbocycles. The SMILES string of the molecule is COc1ccc(OC)c(S(=O)(=O)N2CCC[C@H](C(=O)Nc3cccc(C)c3)C2)c1. The molecule has 1 heterocycles. The maximum atomic E-state index is 13.3. The molecule has 2 aromatic rings. The van der Waals surface area contributed by atoms with Crippen LogP contribution in [0.15, 0.2) is 47.4 Å². The molecule has 1 saturated heterocycles. The highest BCUT2D eigenvalue weighted by molar-refractivity contribution is 7.89. The van der Waals surface area contributed by atoms with E-state index in [0.717, 1.165) is 5.56 Å². The fourth-order valence-electron chi connectivity index (χ4n) is 3.47. The Kier molecular flexibility index (Phi) is 6.44. The third-order valence-corrected chi connectivity index (χ3v) is 6.92. The number of piperidine rings is 1. The van der Waals surface area contributed by atoms with Gasteiger partial charge in [0.15, 0.2) is 0 Å². The summed E-state index contributed by atoms with van der Waals surface area (Å²) in [5.41, 5.74) is 1.75. The molecule has 7 nitrogen and oxygen atoms in total. The molecule has 156 valence electrons. The van der Waals surface area contributed by atoms with Crippen LogP contribution in [0.1, 0.15) is 18.4 Å². The molecule has 1 amide bonds. The molecule has 1 aliphatic rings. The van der Waals surface area contributed by atoms with Gasteiger partial charge in [-0.25, -0.2) is 8.42 Å². The van der Waals surface area contributed by atoms with Crippen LogP contribution in [0.2, 0.25) is 0 Å². The lowest BCUT2D eigenvalue weighted by Crippen LogP contribution is -2.43. The number of sulfonamides is 1. The zero-order valence-electron chi connectivity index (χ0n) is 16.8. The largest absolute Gasteiger partial charge is 0.497 e. The van der Waals surface area contributed by atoms with Gasteiger partial charge in [0.05, 0.1) is 20.1 Å². The number of hydrogen-bond donors (Lipinski definition) is 1. The predicted molar refractivity (Wildman–Crippen MR) is 111 cm³/mol. The predicted octanol–water partition coefficient (Wildman–Crippen LogP) is 3.05. The molecule has 0 unspecified atom stereocenters. The number of anilines is 1. The number of aryl methyl sites for hydroxylation is 1. The summed E-state index contributed by atoms with van der Waals surface area (Å²) in [5.74, 6) is 0.0796. The van der Waals surface area contributed by atoms with Gasteiger partial charge in [-0.2, -0.15) is 4.31 Å². The van der Waals surface area contributed by atoms with Crippen molar-refractivity contribution in [3.63, 3.8) is 0 Å². The minimum absolute atomic E-state index is 0.0408. The van der Waals surface area contributed by atoms with E-state index in [0.29, 0.717) is 30.8 Å². The quantitative estimate of drug-likeness (QED) is 0.779. The maximum Gasteiger partial charge on any atom is 0.246 e. The third-order valence-electron chi connectivity index (χ3n) is 5.03. The van der Waals surface area contributed by atoms with Gasteiger partial charge < -0.3 is 14.8 Å². The van der Waals surface area contributed by atoms with Crippen LogP contribution in [-0.4, -0.2) is 45.9 Å². The van der Waals surface area contributed by atoms with Crippen molar-refractivity contribution in [1.29, 1.82) is 0 Å². The molecular weight excluding hydrogens is 392 g/mol. The lowest BCUT2D eigenvalue weighted by molar-refractivity contribution is -0.120. The number of nitrogens with one attached hydrogen (secondary N) is 1. The lowest BCUT2D eigenvalue weighted by Gasteiger charge is -2.31. The summed E-state index contributed by atoms with van der Waals surface area (Å²) in [6.45, 7) is 2.43. The summed E-state index contributed by atoms with van der Waals surface area (Å²) in [6.07, 6.45) is 1.25. The number of ether oxygens (including phenoxy) is 2. The highest BCUT2D eigenvalue weighted by Gasteiger charge is 2.35. The molecule has 3 rings (SSSR count). The standard InChI is InChI=1S/C21H26N2O5S/c1-15-6-4-8-17(12-15)22-21(24)16-7-5-11-23(14-16)29(25,26)20-13-18(27-2)9-10-19(20)28-3/h4,6,8-10,12-13,16H,5,7,11,14H2,1-3H3,(H,22,24)/t16-/m0/s1. The van der Waals surface area contributed by atoms with Crippen LogP contribution in [0.5, 0.6) is 11.5 Å². The van der Waals surface area contributed by atoms with Gasteiger partial charge in [-0.1, -0.05) is 12.1 Å². The highest BCUT2D eigenvalue weighted by Crippen LogP contribution is 2.32. The monoisotopic (exact) mass is 418 g/mol. The van der Waals surface area contributed by atoms with Crippen LogP contribution >= 0.6 is 0 Å². The van der Waals surface area contributed by atoms with Gasteiger partial charge in [0.2, 0.25) is 15.9 Å². The molecule has 1 aliphatic heterocycles. The van der Waals surface area contributed by atoms with Crippen molar-refractivity contribution < 1.29 is 22.7 Å². The molecular formula is C21H26N2O5S. The van der Waals surface area contributed by atoms with Crippen LogP contribution in [0.3, 0.4) is 0 Å². The first kappa shape index (κ1) is 21.1. The zero-order chi connectivity index (χ0) is 21.0. The number of nitrogens with zero attached hydrogens (tertiary/aromatic N) is 1. The number of hydrogen-bond acceptors (Lipinski definition) is 5. The fourth-order valence-corrected chi connectivity index (χ4v) is 5.16. The second-order valence-corrected chi connectivity index (χ2v) is 8.98. The molecule has 0 aromatic heterocycles. The summed E-state index contributed by atoms with van der Waals surface area (Å²) >= 11 is 0. The van der Waals surface area contributed by atoms with E-state index in [1.807, 2.05) is 31.2 Å². The Bertz CT molecular complexity index is 990. The van der Waals surface area contributed by atoms with Crippen molar-refractivity contribution in [1.82, 2.24) is 4.31 Å². The van der Waals surface area contributed by atoms with E-state index >= 15 is 0 Å². The van der Waals surface area contributed by atoms with E-state index < -0.39 is 15.9 Å². The highest BCUT2D eigenvalue weighted by atomic mass is 32.2. The summed E-state index contributed by atoms with van der Waals surface area (Å²) in [6, 6.07) is 12.2. The molecule has 1 fully saturated rings. The van der Waals surface area contributed by atoms with E-state index in [1.165, 1.54) is 24.6 Å². The smallest absolute Gasteiger partial charge is 0.246 e. The molecule has 8 heteroatoms. The van der Waals surface area contributed by atoms with Crippen LogP contribution in [0, 0.1) is 12.8 Å². The average Bonchev–Trinajstić information content (AvgIpc) is 2.73. The summed E-state index contributed by atoms with van der Waals surface area (Å²) in [5, 5.41) is 2.90. The second-order valence-electron chi connectivity index (χ2n) is 7.08. The Morgan fingerprint density at radius 2 is 1.93 bits per heavy atom. The van der Waals surface area contributed by atoms with Gasteiger partial charge in [0.1, 0.15) is 16.4 Å². The van der Waals surface area contributed by atoms with Crippen molar-refractivity contribution >= 4 is 21.6 Å². The lowest BCUT2D eigenvalue weighted by atomic mass is 9.98. The van der Waals surface area contributed by atoms with Gasteiger partial charge >= 0.3 is 0 Å². The minimum Gasteiger partial charge on any atom is -0.497 e. The molecule has 1 N–H and O–H groups in total. The summed E-state index contributed by atoms with van der Waals surface area (Å²) in [4.78, 5) is 12.8. The number of benzene rings is 2. The third kappa shape index (κ3) is 4.71. The van der Waals surface area contributed by atoms with E-state index in [1.54, 1.807) is 12.1 Å². The summed E-state index contributed by atoms with van der Waals surface area (Å²) in [7, 11) is -0.932. The van der Waals surface area contributed by atoms with E-state index in [4.69, 9.17) is 9.47 Å². The van der Waals surface area contributed by atoms with Crippen LogP contribution < -0.4 is 14.8 Å². The number of amides is 1. The van der Waals surface area contributed by atoms with Gasteiger partial charge in [0, 0.05) is 24.8 Å². The second kappa shape index (κ2) is 8.84. The van der Waals surface area contributed by atoms with Gasteiger partial charge in [-0.15, -0.1) is 0 Å². The van der Waals surface area contributed by atoms with E-state index in [9.17, 15) is 13.2 Å².